The topological polar surface area (TPSA) is 47.9 Å². The number of ether oxygens (including phenoxy) is 3. The first kappa shape index (κ1) is 12.8. The van der Waals surface area contributed by atoms with Crippen LogP contribution < -0.4 is 0 Å². The number of aliphatic hydroxyl groups is 1. The lowest BCUT2D eigenvalue weighted by molar-refractivity contribution is -0.290. The van der Waals surface area contributed by atoms with E-state index in [4.69, 9.17) is 19.3 Å². The van der Waals surface area contributed by atoms with Gasteiger partial charge in [-0.05, 0) is 26.7 Å². The van der Waals surface area contributed by atoms with E-state index in [0.29, 0.717) is 6.61 Å². The van der Waals surface area contributed by atoms with Crippen molar-refractivity contribution in [1.29, 1.82) is 0 Å². The molecule has 0 aliphatic rings. The molecule has 0 aromatic heterocycles. The van der Waals surface area contributed by atoms with E-state index in [2.05, 4.69) is 0 Å². The average molecular weight is 192 g/mol. The van der Waals surface area contributed by atoms with Crippen molar-refractivity contribution in [2.24, 2.45) is 0 Å². The maximum atomic E-state index is 8.52. The number of hydrogen-bond donors (Lipinski definition) is 1. The van der Waals surface area contributed by atoms with Crippen LogP contribution in [0.4, 0.5) is 0 Å². The monoisotopic (exact) mass is 192 g/mol. The molecule has 1 N–H and O–H groups in total. The second kappa shape index (κ2) is 8.44. The van der Waals surface area contributed by atoms with E-state index in [1.807, 2.05) is 13.8 Å². The molecule has 1 unspecified atom stereocenters. The first-order valence-electron chi connectivity index (χ1n) is 4.61. The fourth-order valence-corrected chi connectivity index (χ4v) is 0.779. The van der Waals surface area contributed by atoms with Gasteiger partial charge in [-0.1, -0.05) is 0 Å². The molecular formula is C9H20O4. The van der Waals surface area contributed by atoms with Crippen molar-refractivity contribution in [2.75, 3.05) is 20.3 Å². The largest absolute Gasteiger partial charge is 0.396 e. The molecule has 1 atom stereocenters. The van der Waals surface area contributed by atoms with Crippen molar-refractivity contribution in [3.05, 3.63) is 0 Å². The lowest BCUT2D eigenvalue weighted by Gasteiger charge is -2.18. The summed E-state index contributed by atoms with van der Waals surface area (Å²) < 4.78 is 15.5. The van der Waals surface area contributed by atoms with Crippen molar-refractivity contribution in [3.63, 3.8) is 0 Å². The highest BCUT2D eigenvalue weighted by molar-refractivity contribution is 4.38. The molecule has 0 aromatic rings. The fraction of sp³-hybridized carbons (Fsp3) is 1.00. The van der Waals surface area contributed by atoms with Crippen LogP contribution in [0.2, 0.25) is 0 Å². The molecule has 0 saturated heterocycles. The number of rotatable bonds is 8. The molecule has 0 amide bonds. The molecule has 0 aliphatic heterocycles. The highest BCUT2D eigenvalue weighted by Crippen LogP contribution is 2.02. The third-order valence-corrected chi connectivity index (χ3v) is 1.38. The van der Waals surface area contributed by atoms with Crippen LogP contribution in [0.5, 0.6) is 0 Å². The summed E-state index contributed by atoms with van der Waals surface area (Å²) in [5.74, 6) is 0. The summed E-state index contributed by atoms with van der Waals surface area (Å²) in [5.41, 5.74) is 0. The maximum Gasteiger partial charge on any atom is 0.271 e. The molecule has 0 saturated carbocycles. The van der Waals surface area contributed by atoms with Crippen molar-refractivity contribution < 1.29 is 19.3 Å². The molecule has 0 rings (SSSR count). The van der Waals surface area contributed by atoms with E-state index in [9.17, 15) is 0 Å². The summed E-state index contributed by atoms with van der Waals surface area (Å²) in [4.78, 5) is 0. The summed E-state index contributed by atoms with van der Waals surface area (Å²) in [6.45, 7) is 4.00. The van der Waals surface area contributed by atoms with Gasteiger partial charge < -0.3 is 19.3 Å². The predicted molar refractivity (Wildman–Crippen MR) is 49.3 cm³/mol. The van der Waals surface area contributed by atoms with E-state index in [-0.39, 0.29) is 12.7 Å². The summed E-state index contributed by atoms with van der Waals surface area (Å²) in [6.07, 6.45) is 1.65. The number of methoxy groups -OCH3 is 1. The Labute approximate surface area is 79.8 Å². The zero-order chi connectivity index (χ0) is 10.1. The third-order valence-electron chi connectivity index (χ3n) is 1.38. The molecule has 0 bridgehead atoms. The van der Waals surface area contributed by atoms with Gasteiger partial charge >= 0.3 is 0 Å². The zero-order valence-electron chi connectivity index (χ0n) is 8.66. The lowest BCUT2D eigenvalue weighted by Crippen LogP contribution is -2.23. The smallest absolute Gasteiger partial charge is 0.271 e. The molecule has 80 valence electrons. The molecule has 0 aromatic carbocycles. The number of unbranched alkanes of at least 4 members (excludes halogenated alkanes) is 1. The highest BCUT2D eigenvalue weighted by Gasteiger charge is 2.08. The van der Waals surface area contributed by atoms with Crippen molar-refractivity contribution >= 4 is 0 Å². The van der Waals surface area contributed by atoms with Gasteiger partial charge in [0.2, 0.25) is 0 Å². The van der Waals surface area contributed by atoms with Crippen LogP contribution in [-0.2, 0) is 14.2 Å². The highest BCUT2D eigenvalue weighted by atomic mass is 16.8. The molecule has 0 fully saturated rings. The zero-order valence-corrected chi connectivity index (χ0v) is 8.66. The molecule has 0 heterocycles. The van der Waals surface area contributed by atoms with E-state index in [1.165, 1.54) is 0 Å². The second-order valence-electron chi connectivity index (χ2n) is 3.01. The standard InChI is InChI=1S/C9H20O4/c1-8(2)13-9(11-3)12-7-5-4-6-10/h8-10H,4-7H2,1-3H3. The number of hydrogen-bond acceptors (Lipinski definition) is 4. The Bertz CT molecular complexity index is 106. The van der Waals surface area contributed by atoms with Gasteiger partial charge in [0.1, 0.15) is 0 Å². The summed E-state index contributed by atoms with van der Waals surface area (Å²) >= 11 is 0. The lowest BCUT2D eigenvalue weighted by atomic mass is 10.3. The van der Waals surface area contributed by atoms with Crippen LogP contribution in [0.3, 0.4) is 0 Å². The molecule has 0 radical (unpaired) electrons. The third kappa shape index (κ3) is 8.18. The Morgan fingerprint density at radius 2 is 1.92 bits per heavy atom. The minimum Gasteiger partial charge on any atom is -0.396 e. The van der Waals surface area contributed by atoms with Crippen molar-refractivity contribution in [1.82, 2.24) is 0 Å². The minimum atomic E-state index is -0.585. The summed E-state index contributed by atoms with van der Waals surface area (Å²) in [5, 5.41) is 8.52. The average Bonchev–Trinajstić information content (AvgIpc) is 2.09. The first-order chi connectivity index (χ1) is 6.20. The van der Waals surface area contributed by atoms with E-state index >= 15 is 0 Å². The number of aliphatic hydroxyl groups excluding tert-OH is 1. The van der Waals surface area contributed by atoms with Gasteiger partial charge in [-0.15, -0.1) is 0 Å². The molecule has 0 aliphatic carbocycles. The molecule has 13 heavy (non-hydrogen) atoms. The quantitative estimate of drug-likeness (QED) is 0.462. The van der Waals surface area contributed by atoms with Gasteiger partial charge in [0.25, 0.3) is 6.48 Å². The van der Waals surface area contributed by atoms with Crippen molar-refractivity contribution in [3.8, 4) is 0 Å². The van der Waals surface area contributed by atoms with Gasteiger partial charge in [0, 0.05) is 13.7 Å². The van der Waals surface area contributed by atoms with Crippen molar-refractivity contribution in [2.45, 2.75) is 39.3 Å². The van der Waals surface area contributed by atoms with Gasteiger partial charge in [0.15, 0.2) is 0 Å². The first-order valence-corrected chi connectivity index (χ1v) is 4.61. The maximum absolute atomic E-state index is 8.52. The van der Waals surface area contributed by atoms with Gasteiger partial charge in [-0.2, -0.15) is 0 Å². The molecule has 0 spiro atoms. The van der Waals surface area contributed by atoms with E-state index < -0.39 is 6.48 Å². The van der Waals surface area contributed by atoms with E-state index in [0.717, 1.165) is 12.8 Å². The molecule has 4 nitrogen and oxygen atoms in total. The van der Waals surface area contributed by atoms with Gasteiger partial charge in [-0.3, -0.25) is 0 Å². The Kier molecular flexibility index (Phi) is 8.33. The Morgan fingerprint density at radius 3 is 2.38 bits per heavy atom. The van der Waals surface area contributed by atoms with Crippen LogP contribution in [0.25, 0.3) is 0 Å². The SMILES string of the molecule is COC(OCCCCO)OC(C)C. The predicted octanol–water partition coefficient (Wildman–Crippen LogP) is 1.13. The second-order valence-corrected chi connectivity index (χ2v) is 3.01. The summed E-state index contributed by atoms with van der Waals surface area (Å²) in [6, 6.07) is 0. The van der Waals surface area contributed by atoms with Crippen LogP contribution >= 0.6 is 0 Å². The van der Waals surface area contributed by atoms with Gasteiger partial charge in [-0.25, -0.2) is 0 Å². The Morgan fingerprint density at radius 1 is 1.23 bits per heavy atom. The van der Waals surface area contributed by atoms with Crippen LogP contribution in [0.1, 0.15) is 26.7 Å². The van der Waals surface area contributed by atoms with Gasteiger partial charge in [0.05, 0.1) is 12.7 Å². The fourth-order valence-electron chi connectivity index (χ4n) is 0.779. The molecule has 4 heteroatoms. The molecular weight excluding hydrogens is 172 g/mol. The minimum absolute atomic E-state index is 0.0859. The van der Waals surface area contributed by atoms with Crippen LogP contribution in [0.15, 0.2) is 0 Å². The van der Waals surface area contributed by atoms with Crippen LogP contribution in [-0.4, -0.2) is 38.0 Å². The Balaban J connectivity index is 3.36. The van der Waals surface area contributed by atoms with E-state index in [1.54, 1.807) is 7.11 Å². The Hall–Kier alpha value is -0.160. The summed E-state index contributed by atoms with van der Waals surface area (Å²) in [7, 11) is 1.54. The van der Waals surface area contributed by atoms with Crippen LogP contribution in [0, 0.1) is 0 Å². The normalized spacial score (nSPS) is 13.6.